The number of carbonyl (C=O) groups excluding carboxylic acids is 1. The largest absolute Gasteiger partial charge is 0.483 e. The van der Waals surface area contributed by atoms with E-state index in [1.165, 1.54) is 6.20 Å². The first-order valence-corrected chi connectivity index (χ1v) is 7.72. The maximum absolute atomic E-state index is 11.5. The summed E-state index contributed by atoms with van der Waals surface area (Å²) in [5.41, 5.74) is 1.56. The van der Waals surface area contributed by atoms with E-state index in [4.69, 9.17) is 9.47 Å². The number of benzene rings is 1. The minimum atomic E-state index is -0.343. The molecule has 0 spiro atoms. The summed E-state index contributed by atoms with van der Waals surface area (Å²) in [6.07, 6.45) is 3.21. The summed E-state index contributed by atoms with van der Waals surface area (Å²) < 4.78 is 12.6. The normalized spacial score (nSPS) is 10.3. The van der Waals surface area contributed by atoms with Crippen molar-refractivity contribution in [3.8, 4) is 5.75 Å². The van der Waals surface area contributed by atoms with Crippen LogP contribution in [0.25, 0.3) is 0 Å². The van der Waals surface area contributed by atoms with Gasteiger partial charge in [-0.2, -0.15) is 5.10 Å². The minimum Gasteiger partial charge on any atom is -0.483 e. The maximum atomic E-state index is 11.5. The highest BCUT2D eigenvalue weighted by Crippen LogP contribution is 2.14. The molecule has 0 atom stereocenters. The van der Waals surface area contributed by atoms with Crippen LogP contribution in [0.5, 0.6) is 5.75 Å². The molecule has 0 unspecified atom stereocenters. The van der Waals surface area contributed by atoms with Crippen molar-refractivity contribution in [1.29, 1.82) is 0 Å². The number of rotatable bonds is 6. The van der Waals surface area contributed by atoms with E-state index in [0.29, 0.717) is 23.3 Å². The van der Waals surface area contributed by atoms with Gasteiger partial charge in [-0.05, 0) is 47.2 Å². The Balaban J connectivity index is 2.01. The van der Waals surface area contributed by atoms with Crippen LogP contribution in [0.1, 0.15) is 22.8 Å². The van der Waals surface area contributed by atoms with E-state index in [1.807, 2.05) is 24.3 Å². The maximum Gasteiger partial charge on any atom is 0.341 e. The van der Waals surface area contributed by atoms with Crippen molar-refractivity contribution in [1.82, 2.24) is 9.78 Å². The summed E-state index contributed by atoms with van der Waals surface area (Å²) in [6, 6.07) is 7.80. The zero-order chi connectivity index (χ0) is 14.4. The second-order valence-electron chi connectivity index (χ2n) is 4.04. The van der Waals surface area contributed by atoms with Gasteiger partial charge in [0.2, 0.25) is 0 Å². The smallest absolute Gasteiger partial charge is 0.341 e. The molecular weight excluding hydrogens is 371 g/mol. The van der Waals surface area contributed by atoms with Gasteiger partial charge in [-0.15, -0.1) is 0 Å². The lowest BCUT2D eigenvalue weighted by Crippen LogP contribution is -2.04. The number of hydrogen-bond donors (Lipinski definition) is 0. The Kier molecular flexibility index (Phi) is 5.40. The van der Waals surface area contributed by atoms with E-state index in [2.05, 4.69) is 27.7 Å². The van der Waals surface area contributed by atoms with Crippen molar-refractivity contribution < 1.29 is 14.3 Å². The van der Waals surface area contributed by atoms with Gasteiger partial charge in [0.05, 0.1) is 24.9 Å². The molecule has 0 aliphatic heterocycles. The highest BCUT2D eigenvalue weighted by Gasteiger charge is 2.09. The van der Waals surface area contributed by atoms with Gasteiger partial charge in [0.25, 0.3) is 0 Å². The number of nitrogens with zero attached hydrogens (tertiary/aromatic N) is 2. The highest BCUT2D eigenvalue weighted by molar-refractivity contribution is 14.1. The molecule has 0 bridgehead atoms. The average Bonchev–Trinajstić information content (AvgIpc) is 2.90. The first-order chi connectivity index (χ1) is 9.72. The van der Waals surface area contributed by atoms with E-state index in [1.54, 1.807) is 17.8 Å². The zero-order valence-electron chi connectivity index (χ0n) is 11.1. The van der Waals surface area contributed by atoms with Gasteiger partial charge in [-0.25, -0.2) is 4.79 Å². The standard InChI is InChI=1S/C14H15IN2O3/c1-2-19-14(18)12-7-16-17(9-12)8-11-3-5-13(6-4-11)20-10-15/h3-7,9H,2,8,10H2,1H3. The van der Waals surface area contributed by atoms with Crippen LogP contribution in [0.2, 0.25) is 0 Å². The van der Waals surface area contributed by atoms with Crippen LogP contribution in [0.3, 0.4) is 0 Å². The van der Waals surface area contributed by atoms with Gasteiger partial charge in [-0.1, -0.05) is 12.1 Å². The van der Waals surface area contributed by atoms with Crippen molar-refractivity contribution in [2.24, 2.45) is 0 Å². The quantitative estimate of drug-likeness (QED) is 0.435. The summed E-state index contributed by atoms with van der Waals surface area (Å²) in [4.78, 5) is 11.5. The fourth-order valence-electron chi connectivity index (χ4n) is 1.71. The molecule has 106 valence electrons. The number of alkyl halides is 1. The highest BCUT2D eigenvalue weighted by atomic mass is 127. The number of aromatic nitrogens is 2. The SMILES string of the molecule is CCOC(=O)c1cnn(Cc2ccc(OCI)cc2)c1. The molecule has 0 fully saturated rings. The molecule has 0 N–H and O–H groups in total. The zero-order valence-corrected chi connectivity index (χ0v) is 13.2. The molecule has 0 aliphatic rings. The molecule has 2 rings (SSSR count). The van der Waals surface area contributed by atoms with Gasteiger partial charge in [0, 0.05) is 6.20 Å². The van der Waals surface area contributed by atoms with Gasteiger partial charge in [0.1, 0.15) is 10.4 Å². The molecule has 1 aromatic heterocycles. The Morgan fingerprint density at radius 1 is 1.35 bits per heavy atom. The Bertz CT molecular complexity index is 566. The Morgan fingerprint density at radius 3 is 2.75 bits per heavy atom. The Labute approximate surface area is 131 Å². The predicted octanol–water partition coefficient (Wildman–Crippen LogP) is 2.88. The van der Waals surface area contributed by atoms with Gasteiger partial charge < -0.3 is 9.47 Å². The van der Waals surface area contributed by atoms with Crippen LogP contribution >= 0.6 is 22.6 Å². The fourth-order valence-corrected chi connectivity index (χ4v) is 2.07. The van der Waals surface area contributed by atoms with E-state index in [-0.39, 0.29) is 5.97 Å². The van der Waals surface area contributed by atoms with Crippen molar-refractivity contribution in [2.75, 3.05) is 11.2 Å². The molecule has 0 amide bonds. The predicted molar refractivity (Wildman–Crippen MR) is 83.2 cm³/mol. The third-order valence-corrected chi connectivity index (χ3v) is 2.94. The molecule has 1 aromatic carbocycles. The van der Waals surface area contributed by atoms with E-state index < -0.39 is 0 Å². The van der Waals surface area contributed by atoms with E-state index >= 15 is 0 Å². The van der Waals surface area contributed by atoms with Crippen molar-refractivity contribution in [2.45, 2.75) is 13.5 Å². The minimum absolute atomic E-state index is 0.343. The van der Waals surface area contributed by atoms with Crippen LogP contribution in [0.4, 0.5) is 0 Å². The summed E-state index contributed by atoms with van der Waals surface area (Å²) in [5, 5.41) is 4.16. The number of ether oxygens (including phenoxy) is 2. The molecule has 1 heterocycles. The lowest BCUT2D eigenvalue weighted by Gasteiger charge is -2.04. The molecule has 0 radical (unpaired) electrons. The van der Waals surface area contributed by atoms with Crippen molar-refractivity contribution in [3.63, 3.8) is 0 Å². The summed E-state index contributed by atoms with van der Waals surface area (Å²) in [6.45, 7) is 2.74. The second kappa shape index (κ2) is 7.28. The molecule has 0 saturated heterocycles. The molecule has 6 heteroatoms. The second-order valence-corrected chi connectivity index (χ2v) is 4.67. The van der Waals surface area contributed by atoms with Gasteiger partial charge in [0.15, 0.2) is 0 Å². The molecule has 20 heavy (non-hydrogen) atoms. The third kappa shape index (κ3) is 3.96. The van der Waals surface area contributed by atoms with E-state index in [0.717, 1.165) is 11.3 Å². The molecule has 0 aliphatic carbocycles. The van der Waals surface area contributed by atoms with Crippen molar-refractivity contribution in [3.05, 3.63) is 47.8 Å². The molecule has 5 nitrogen and oxygen atoms in total. The first-order valence-electron chi connectivity index (χ1n) is 6.20. The number of carbonyl (C=O) groups is 1. The fraction of sp³-hybridized carbons (Fsp3) is 0.286. The molecular formula is C14H15IN2O3. The van der Waals surface area contributed by atoms with E-state index in [9.17, 15) is 4.79 Å². The Morgan fingerprint density at radius 2 is 2.10 bits per heavy atom. The summed E-state index contributed by atoms with van der Waals surface area (Å²) in [5.74, 6) is 0.500. The topological polar surface area (TPSA) is 53.3 Å². The van der Waals surface area contributed by atoms with Gasteiger partial charge >= 0.3 is 5.97 Å². The summed E-state index contributed by atoms with van der Waals surface area (Å²) >= 11 is 2.15. The molecule has 0 saturated carbocycles. The first kappa shape index (κ1) is 14.8. The van der Waals surface area contributed by atoms with Crippen LogP contribution in [-0.2, 0) is 11.3 Å². The van der Waals surface area contributed by atoms with Crippen molar-refractivity contribution >= 4 is 28.6 Å². The number of hydrogen-bond acceptors (Lipinski definition) is 4. The molecule has 2 aromatic rings. The lowest BCUT2D eigenvalue weighted by atomic mass is 10.2. The van der Waals surface area contributed by atoms with Crippen LogP contribution < -0.4 is 4.74 Å². The monoisotopic (exact) mass is 386 g/mol. The van der Waals surface area contributed by atoms with Gasteiger partial charge in [-0.3, -0.25) is 4.68 Å². The summed E-state index contributed by atoms with van der Waals surface area (Å²) in [7, 11) is 0. The lowest BCUT2D eigenvalue weighted by molar-refractivity contribution is 0.0526. The van der Waals surface area contributed by atoms with Crippen LogP contribution in [0, 0.1) is 0 Å². The average molecular weight is 386 g/mol. The van der Waals surface area contributed by atoms with Crippen LogP contribution in [-0.4, -0.2) is 27.0 Å². The third-order valence-electron chi connectivity index (χ3n) is 2.63. The number of halogens is 1. The Hall–Kier alpha value is -1.57. The van der Waals surface area contributed by atoms with Crippen LogP contribution in [0.15, 0.2) is 36.7 Å². The number of esters is 1.